The number of aromatic nitrogens is 1. The lowest BCUT2D eigenvalue weighted by atomic mass is 10.2. The maximum Gasteiger partial charge on any atom is 0.264 e. The van der Waals surface area contributed by atoms with Crippen LogP contribution in [0.4, 0.5) is 8.78 Å². The zero-order valence-electron chi connectivity index (χ0n) is 8.26. The molecule has 1 heterocycles. The third-order valence-corrected chi connectivity index (χ3v) is 3.09. The van der Waals surface area contributed by atoms with Crippen molar-refractivity contribution in [2.45, 2.75) is 32.1 Å². The van der Waals surface area contributed by atoms with Gasteiger partial charge in [-0.15, -0.1) is 11.3 Å². The molecule has 0 amide bonds. The van der Waals surface area contributed by atoms with Crippen molar-refractivity contribution in [1.29, 1.82) is 0 Å². The van der Waals surface area contributed by atoms with Crippen LogP contribution < -0.4 is 5.73 Å². The quantitative estimate of drug-likeness (QED) is 0.846. The fourth-order valence-electron chi connectivity index (χ4n) is 0.998. The van der Waals surface area contributed by atoms with Gasteiger partial charge in [-0.05, 0) is 0 Å². The molecule has 0 bridgehead atoms. The lowest BCUT2D eigenvalue weighted by Crippen LogP contribution is -2.29. The summed E-state index contributed by atoms with van der Waals surface area (Å²) < 4.78 is 25.8. The molecular weight excluding hydrogens is 206 g/mol. The van der Waals surface area contributed by atoms with Gasteiger partial charge >= 0.3 is 0 Å². The van der Waals surface area contributed by atoms with Crippen molar-refractivity contribution in [2.75, 3.05) is 6.54 Å². The Morgan fingerprint density at radius 3 is 2.64 bits per heavy atom. The average Bonchev–Trinajstić information content (AvgIpc) is 2.52. The van der Waals surface area contributed by atoms with Gasteiger partial charge in [-0.3, -0.25) is 0 Å². The van der Waals surface area contributed by atoms with Crippen molar-refractivity contribution in [3.8, 4) is 0 Å². The maximum atomic E-state index is 12.9. The van der Waals surface area contributed by atoms with Crippen LogP contribution in [0.3, 0.4) is 0 Å². The molecule has 0 aliphatic carbocycles. The molecule has 0 fully saturated rings. The Morgan fingerprint density at radius 2 is 2.21 bits per heavy atom. The largest absolute Gasteiger partial charge is 0.325 e. The molecule has 0 saturated carbocycles. The first-order valence-corrected chi connectivity index (χ1v) is 5.29. The number of hydrogen-bond donors (Lipinski definition) is 1. The van der Waals surface area contributed by atoms with E-state index >= 15 is 0 Å². The number of nitrogens with two attached hydrogens (primary N) is 1. The van der Waals surface area contributed by atoms with Gasteiger partial charge in [0.25, 0.3) is 5.92 Å². The predicted octanol–water partition coefficient (Wildman–Crippen LogP) is 2.40. The molecular formula is C9H14F2N2S. The van der Waals surface area contributed by atoms with Crippen LogP contribution in [0.15, 0.2) is 6.20 Å². The van der Waals surface area contributed by atoms with Crippen molar-refractivity contribution >= 4 is 11.3 Å². The van der Waals surface area contributed by atoms with Crippen LogP contribution in [-0.4, -0.2) is 17.5 Å². The van der Waals surface area contributed by atoms with Gasteiger partial charge in [0.05, 0.1) is 11.6 Å². The van der Waals surface area contributed by atoms with Crippen LogP contribution in [-0.2, 0) is 6.42 Å². The van der Waals surface area contributed by atoms with Gasteiger partial charge in [0.1, 0.15) is 0 Å². The Labute approximate surface area is 86.2 Å². The minimum absolute atomic E-state index is 0.292. The normalized spacial score (nSPS) is 12.4. The fraction of sp³-hybridized carbons (Fsp3) is 0.667. The maximum absolute atomic E-state index is 12.9. The third-order valence-electron chi connectivity index (χ3n) is 1.80. The Balaban J connectivity index is 2.69. The van der Waals surface area contributed by atoms with Gasteiger partial charge in [-0.1, -0.05) is 13.8 Å². The highest BCUT2D eigenvalue weighted by atomic mass is 32.1. The summed E-state index contributed by atoms with van der Waals surface area (Å²) in [5.41, 5.74) is 4.95. The number of hydrogen-bond acceptors (Lipinski definition) is 3. The van der Waals surface area contributed by atoms with Crippen molar-refractivity contribution in [3.05, 3.63) is 16.1 Å². The van der Waals surface area contributed by atoms with E-state index in [4.69, 9.17) is 5.73 Å². The molecule has 0 aliphatic rings. The lowest BCUT2D eigenvalue weighted by Gasteiger charge is -2.11. The standard InChI is InChI=1S/C9H14F2N2S/c1-6(2)8-13-4-7(14-8)3-9(10,11)5-12/h4,6H,3,5,12H2,1-2H3. The van der Waals surface area contributed by atoms with Gasteiger partial charge in [-0.25, -0.2) is 13.8 Å². The number of alkyl halides is 2. The van der Waals surface area contributed by atoms with Crippen molar-refractivity contribution in [3.63, 3.8) is 0 Å². The Hall–Kier alpha value is -0.550. The van der Waals surface area contributed by atoms with Crippen LogP contribution in [0, 0.1) is 0 Å². The third kappa shape index (κ3) is 2.99. The highest BCUT2D eigenvalue weighted by Crippen LogP contribution is 2.26. The van der Waals surface area contributed by atoms with Gasteiger partial charge in [0.15, 0.2) is 0 Å². The van der Waals surface area contributed by atoms with Gasteiger partial charge in [-0.2, -0.15) is 0 Å². The van der Waals surface area contributed by atoms with Gasteiger partial charge in [0.2, 0.25) is 0 Å². The molecule has 1 aromatic rings. The monoisotopic (exact) mass is 220 g/mol. The molecule has 0 spiro atoms. The van der Waals surface area contributed by atoms with E-state index in [0.717, 1.165) is 5.01 Å². The average molecular weight is 220 g/mol. The molecule has 0 aliphatic heterocycles. The summed E-state index contributed by atoms with van der Waals surface area (Å²) in [5, 5.41) is 0.896. The zero-order chi connectivity index (χ0) is 10.8. The summed E-state index contributed by atoms with van der Waals surface area (Å²) in [5.74, 6) is -2.51. The SMILES string of the molecule is CC(C)c1ncc(CC(F)(F)CN)s1. The van der Waals surface area contributed by atoms with Crippen molar-refractivity contribution < 1.29 is 8.78 Å². The summed E-state index contributed by atoms with van der Waals surface area (Å²) in [7, 11) is 0. The molecule has 2 N–H and O–H groups in total. The molecule has 0 aromatic carbocycles. The van der Waals surface area contributed by atoms with Crippen LogP contribution >= 0.6 is 11.3 Å². The number of nitrogens with zero attached hydrogens (tertiary/aromatic N) is 1. The first kappa shape index (κ1) is 11.5. The van der Waals surface area contributed by atoms with E-state index in [9.17, 15) is 8.78 Å². The van der Waals surface area contributed by atoms with E-state index in [1.807, 2.05) is 13.8 Å². The molecule has 1 aromatic heterocycles. The van der Waals surface area contributed by atoms with Crippen molar-refractivity contribution in [1.82, 2.24) is 4.98 Å². The molecule has 14 heavy (non-hydrogen) atoms. The fourth-order valence-corrected chi connectivity index (χ4v) is 2.00. The summed E-state index contributed by atoms with van der Waals surface area (Å²) in [6.45, 7) is 3.37. The zero-order valence-corrected chi connectivity index (χ0v) is 9.07. The van der Waals surface area contributed by atoms with E-state index in [2.05, 4.69) is 4.98 Å². The lowest BCUT2D eigenvalue weighted by molar-refractivity contribution is 0.0122. The molecule has 0 radical (unpaired) electrons. The Bertz CT molecular complexity index is 297. The molecule has 0 atom stereocenters. The molecule has 2 nitrogen and oxygen atoms in total. The number of thiazole rings is 1. The second-order valence-corrected chi connectivity index (χ2v) is 4.70. The van der Waals surface area contributed by atoms with Gasteiger partial charge < -0.3 is 5.73 Å². The Morgan fingerprint density at radius 1 is 1.57 bits per heavy atom. The van der Waals surface area contributed by atoms with Crippen molar-refractivity contribution in [2.24, 2.45) is 5.73 Å². The summed E-state index contributed by atoms with van der Waals surface area (Å²) in [6, 6.07) is 0. The van der Waals surface area contributed by atoms with Crippen LogP contribution in [0.25, 0.3) is 0 Å². The second-order valence-electron chi connectivity index (χ2n) is 3.56. The molecule has 5 heteroatoms. The van der Waals surface area contributed by atoms with E-state index in [1.165, 1.54) is 17.5 Å². The first-order valence-electron chi connectivity index (χ1n) is 4.47. The predicted molar refractivity (Wildman–Crippen MR) is 53.9 cm³/mol. The number of rotatable bonds is 4. The van der Waals surface area contributed by atoms with Crippen LogP contribution in [0.2, 0.25) is 0 Å². The van der Waals surface area contributed by atoms with Crippen LogP contribution in [0.5, 0.6) is 0 Å². The summed E-state index contributed by atoms with van der Waals surface area (Å²) in [6.07, 6.45) is 1.22. The van der Waals surface area contributed by atoms with E-state index < -0.39 is 12.5 Å². The molecule has 80 valence electrons. The minimum atomic E-state index is -2.80. The van der Waals surface area contributed by atoms with E-state index in [-0.39, 0.29) is 6.42 Å². The Kier molecular flexibility index (Phi) is 3.55. The highest BCUT2D eigenvalue weighted by Gasteiger charge is 2.28. The van der Waals surface area contributed by atoms with E-state index in [0.29, 0.717) is 10.8 Å². The minimum Gasteiger partial charge on any atom is -0.325 e. The summed E-state index contributed by atoms with van der Waals surface area (Å²) in [4.78, 5) is 4.68. The van der Waals surface area contributed by atoms with E-state index in [1.54, 1.807) is 0 Å². The molecule has 0 saturated heterocycles. The number of halogens is 2. The summed E-state index contributed by atoms with van der Waals surface area (Å²) >= 11 is 1.34. The highest BCUT2D eigenvalue weighted by molar-refractivity contribution is 7.11. The van der Waals surface area contributed by atoms with Crippen LogP contribution in [0.1, 0.15) is 29.7 Å². The molecule has 0 unspecified atom stereocenters. The molecule has 1 rings (SSSR count). The first-order chi connectivity index (χ1) is 6.44. The van der Waals surface area contributed by atoms with Gasteiger partial charge in [0, 0.05) is 23.4 Å². The topological polar surface area (TPSA) is 38.9 Å². The second kappa shape index (κ2) is 4.31. The smallest absolute Gasteiger partial charge is 0.264 e.